The van der Waals surface area contributed by atoms with Crippen LogP contribution in [0.5, 0.6) is 0 Å². The smallest absolute Gasteiger partial charge is 0.315 e. The van der Waals surface area contributed by atoms with Gasteiger partial charge in [0.25, 0.3) is 0 Å². The Morgan fingerprint density at radius 3 is 2.50 bits per heavy atom. The predicted molar refractivity (Wildman–Crippen MR) is 87.8 cm³/mol. The number of nitrogens with zero attached hydrogens (tertiary/aromatic N) is 2. The highest BCUT2D eigenvalue weighted by molar-refractivity contribution is 5.75. The Morgan fingerprint density at radius 1 is 1.18 bits per heavy atom. The van der Waals surface area contributed by atoms with Gasteiger partial charge in [-0.15, -0.1) is 0 Å². The van der Waals surface area contributed by atoms with Crippen LogP contribution in [0.1, 0.15) is 24.4 Å². The SMILES string of the molecule is CN1CCN(C[C@@H](NC(=O)NC2CC2)c2ccccc2)CC1. The minimum Gasteiger partial charge on any atom is -0.335 e. The molecule has 5 nitrogen and oxygen atoms in total. The van der Waals surface area contributed by atoms with Crippen LogP contribution in [-0.4, -0.2) is 61.6 Å². The number of benzene rings is 1. The number of likely N-dealkylation sites (N-methyl/N-ethyl adjacent to an activating group) is 1. The summed E-state index contributed by atoms with van der Waals surface area (Å²) >= 11 is 0. The molecule has 1 saturated heterocycles. The van der Waals surface area contributed by atoms with E-state index >= 15 is 0 Å². The molecule has 2 aliphatic rings. The molecule has 0 bridgehead atoms. The molecule has 2 amide bonds. The van der Waals surface area contributed by atoms with Gasteiger partial charge in [-0.1, -0.05) is 30.3 Å². The summed E-state index contributed by atoms with van der Waals surface area (Å²) in [6.07, 6.45) is 2.23. The fraction of sp³-hybridized carbons (Fsp3) is 0.588. The second kappa shape index (κ2) is 7.11. The molecule has 1 aliphatic carbocycles. The summed E-state index contributed by atoms with van der Waals surface area (Å²) in [5, 5.41) is 6.18. The van der Waals surface area contributed by atoms with Crippen molar-refractivity contribution in [2.45, 2.75) is 24.9 Å². The van der Waals surface area contributed by atoms with E-state index in [1.54, 1.807) is 0 Å². The summed E-state index contributed by atoms with van der Waals surface area (Å²) in [5.74, 6) is 0. The van der Waals surface area contributed by atoms with E-state index in [9.17, 15) is 4.79 Å². The van der Waals surface area contributed by atoms with Gasteiger partial charge in [0.15, 0.2) is 0 Å². The molecule has 5 heteroatoms. The maximum Gasteiger partial charge on any atom is 0.315 e. The van der Waals surface area contributed by atoms with Crippen molar-refractivity contribution in [1.29, 1.82) is 0 Å². The highest BCUT2D eigenvalue weighted by Crippen LogP contribution is 2.19. The van der Waals surface area contributed by atoms with Crippen LogP contribution in [0.15, 0.2) is 30.3 Å². The lowest BCUT2D eigenvalue weighted by atomic mass is 10.1. The molecular formula is C17H26N4O. The number of urea groups is 1. The van der Waals surface area contributed by atoms with Crippen molar-refractivity contribution in [3.05, 3.63) is 35.9 Å². The highest BCUT2D eigenvalue weighted by atomic mass is 16.2. The molecule has 0 spiro atoms. The number of piperazine rings is 1. The molecular weight excluding hydrogens is 276 g/mol. The average Bonchev–Trinajstić information content (AvgIpc) is 3.33. The first-order chi connectivity index (χ1) is 10.7. The number of amides is 2. The third kappa shape index (κ3) is 4.45. The van der Waals surface area contributed by atoms with E-state index in [4.69, 9.17) is 0 Å². The lowest BCUT2D eigenvalue weighted by Gasteiger charge is -2.35. The van der Waals surface area contributed by atoms with Crippen molar-refractivity contribution in [1.82, 2.24) is 20.4 Å². The zero-order chi connectivity index (χ0) is 15.4. The van der Waals surface area contributed by atoms with E-state index < -0.39 is 0 Å². The zero-order valence-electron chi connectivity index (χ0n) is 13.3. The van der Waals surface area contributed by atoms with Crippen molar-refractivity contribution in [2.75, 3.05) is 39.8 Å². The number of hydrogen-bond acceptors (Lipinski definition) is 3. The Labute approximate surface area is 132 Å². The van der Waals surface area contributed by atoms with Crippen LogP contribution in [0, 0.1) is 0 Å². The molecule has 120 valence electrons. The molecule has 22 heavy (non-hydrogen) atoms. The molecule has 1 aromatic rings. The Hall–Kier alpha value is -1.59. The third-order valence-electron chi connectivity index (χ3n) is 4.46. The number of carbonyl (C=O) groups excluding carboxylic acids is 1. The molecule has 1 atom stereocenters. The Morgan fingerprint density at radius 2 is 1.86 bits per heavy atom. The Balaban J connectivity index is 1.61. The molecule has 0 radical (unpaired) electrons. The number of carbonyl (C=O) groups is 1. The van der Waals surface area contributed by atoms with E-state index in [1.807, 2.05) is 18.2 Å². The standard InChI is InChI=1S/C17H26N4O/c1-20-9-11-21(12-10-20)13-16(14-5-3-2-4-6-14)19-17(22)18-15-7-8-15/h2-6,15-16H,7-13H2,1H3,(H2,18,19,22)/t16-/m1/s1. The maximum absolute atomic E-state index is 12.1. The van der Waals surface area contributed by atoms with Crippen LogP contribution in [0.25, 0.3) is 0 Å². The largest absolute Gasteiger partial charge is 0.335 e. The van der Waals surface area contributed by atoms with Crippen molar-refractivity contribution >= 4 is 6.03 Å². The lowest BCUT2D eigenvalue weighted by Crippen LogP contribution is -2.49. The summed E-state index contributed by atoms with van der Waals surface area (Å²) in [4.78, 5) is 16.9. The van der Waals surface area contributed by atoms with Gasteiger partial charge in [0, 0.05) is 38.8 Å². The summed E-state index contributed by atoms with van der Waals surface area (Å²) in [7, 11) is 2.16. The molecule has 1 saturated carbocycles. The highest BCUT2D eigenvalue weighted by Gasteiger charge is 2.26. The number of rotatable bonds is 5. The topological polar surface area (TPSA) is 47.6 Å². The molecule has 0 unspecified atom stereocenters. The lowest BCUT2D eigenvalue weighted by molar-refractivity contribution is 0.142. The number of nitrogens with one attached hydrogen (secondary N) is 2. The van der Waals surface area contributed by atoms with Gasteiger partial charge in [0.1, 0.15) is 0 Å². The van der Waals surface area contributed by atoms with Gasteiger partial charge in [-0.2, -0.15) is 0 Å². The first-order valence-electron chi connectivity index (χ1n) is 8.23. The predicted octanol–water partition coefficient (Wildman–Crippen LogP) is 1.44. The quantitative estimate of drug-likeness (QED) is 0.865. The summed E-state index contributed by atoms with van der Waals surface area (Å²) in [6.45, 7) is 5.18. The summed E-state index contributed by atoms with van der Waals surface area (Å²) in [6, 6.07) is 10.7. The van der Waals surface area contributed by atoms with Gasteiger partial charge >= 0.3 is 6.03 Å². The van der Waals surface area contributed by atoms with Crippen LogP contribution < -0.4 is 10.6 Å². The van der Waals surface area contributed by atoms with Crippen molar-refractivity contribution in [2.24, 2.45) is 0 Å². The fourth-order valence-corrected chi connectivity index (χ4v) is 2.82. The molecule has 3 rings (SSSR count). The minimum atomic E-state index is -0.0366. The minimum absolute atomic E-state index is 0.0366. The van der Waals surface area contributed by atoms with Gasteiger partial charge in [-0.3, -0.25) is 4.90 Å². The second-order valence-electron chi connectivity index (χ2n) is 6.46. The van der Waals surface area contributed by atoms with E-state index in [2.05, 4.69) is 39.6 Å². The molecule has 2 fully saturated rings. The van der Waals surface area contributed by atoms with Crippen LogP contribution >= 0.6 is 0 Å². The van der Waals surface area contributed by atoms with Gasteiger partial charge in [0.2, 0.25) is 0 Å². The Kier molecular flexibility index (Phi) is 4.95. The number of hydrogen-bond donors (Lipinski definition) is 2. The molecule has 2 N–H and O–H groups in total. The van der Waals surface area contributed by atoms with E-state index in [-0.39, 0.29) is 12.1 Å². The third-order valence-corrected chi connectivity index (χ3v) is 4.46. The van der Waals surface area contributed by atoms with Crippen molar-refractivity contribution in [3.8, 4) is 0 Å². The first-order valence-corrected chi connectivity index (χ1v) is 8.23. The molecule has 0 aromatic heterocycles. The molecule has 1 aliphatic heterocycles. The van der Waals surface area contributed by atoms with Crippen molar-refractivity contribution < 1.29 is 4.79 Å². The first kappa shape index (κ1) is 15.3. The summed E-state index contributed by atoms with van der Waals surface area (Å²) in [5.41, 5.74) is 1.17. The average molecular weight is 302 g/mol. The van der Waals surface area contributed by atoms with Gasteiger partial charge in [-0.25, -0.2) is 4.79 Å². The monoisotopic (exact) mass is 302 g/mol. The van der Waals surface area contributed by atoms with Gasteiger partial charge < -0.3 is 15.5 Å². The van der Waals surface area contributed by atoms with Crippen LogP contribution in [-0.2, 0) is 0 Å². The van der Waals surface area contributed by atoms with Gasteiger partial charge in [0.05, 0.1) is 6.04 Å². The van der Waals surface area contributed by atoms with Gasteiger partial charge in [-0.05, 0) is 25.5 Å². The normalized spacial score (nSPS) is 21.3. The molecule has 1 heterocycles. The van der Waals surface area contributed by atoms with Crippen LogP contribution in [0.3, 0.4) is 0 Å². The van der Waals surface area contributed by atoms with E-state index in [0.29, 0.717) is 6.04 Å². The van der Waals surface area contributed by atoms with E-state index in [0.717, 1.165) is 45.6 Å². The maximum atomic E-state index is 12.1. The van der Waals surface area contributed by atoms with Crippen LogP contribution in [0.2, 0.25) is 0 Å². The Bertz CT molecular complexity index is 481. The summed E-state index contributed by atoms with van der Waals surface area (Å²) < 4.78 is 0. The fourth-order valence-electron chi connectivity index (χ4n) is 2.82. The zero-order valence-corrected chi connectivity index (χ0v) is 13.3. The van der Waals surface area contributed by atoms with Crippen LogP contribution in [0.4, 0.5) is 4.79 Å². The van der Waals surface area contributed by atoms with Crippen molar-refractivity contribution in [3.63, 3.8) is 0 Å². The molecule has 1 aromatic carbocycles. The van der Waals surface area contributed by atoms with E-state index in [1.165, 1.54) is 5.56 Å². The second-order valence-corrected chi connectivity index (χ2v) is 6.46.